The average Bonchev–Trinajstić information content (AvgIpc) is 2.16. The monoisotopic (exact) mass is 225 g/mol. The van der Waals surface area contributed by atoms with Gasteiger partial charge in [0.2, 0.25) is 0 Å². The zero-order chi connectivity index (χ0) is 12.1. The third kappa shape index (κ3) is 3.22. The van der Waals surface area contributed by atoms with E-state index in [9.17, 15) is 9.18 Å². The first-order chi connectivity index (χ1) is 7.52. The molecule has 0 aliphatic heterocycles. The number of anilines is 1. The second-order valence-electron chi connectivity index (χ2n) is 3.89. The van der Waals surface area contributed by atoms with Crippen molar-refractivity contribution in [1.29, 1.82) is 0 Å². The highest BCUT2D eigenvalue weighted by atomic mass is 19.1. The van der Waals surface area contributed by atoms with Crippen molar-refractivity contribution in [3.63, 3.8) is 0 Å². The molecular formula is C12H16FNO2. The van der Waals surface area contributed by atoms with Crippen molar-refractivity contribution < 1.29 is 14.3 Å². The molecule has 0 atom stereocenters. The lowest BCUT2D eigenvalue weighted by Gasteiger charge is -2.18. The van der Waals surface area contributed by atoms with E-state index in [4.69, 9.17) is 5.11 Å². The summed E-state index contributed by atoms with van der Waals surface area (Å²) in [5.74, 6) is -1.08. The number of rotatable bonds is 5. The Bertz CT molecular complexity index is 377. The third-order valence-corrected chi connectivity index (χ3v) is 2.35. The van der Waals surface area contributed by atoms with Gasteiger partial charge in [-0.05, 0) is 24.5 Å². The molecule has 0 radical (unpaired) electrons. The van der Waals surface area contributed by atoms with Crippen molar-refractivity contribution in [2.45, 2.75) is 19.3 Å². The van der Waals surface area contributed by atoms with E-state index >= 15 is 0 Å². The Labute approximate surface area is 94.5 Å². The number of carbonyl (C=O) groups is 1. The van der Waals surface area contributed by atoms with Gasteiger partial charge in [-0.2, -0.15) is 0 Å². The van der Waals surface area contributed by atoms with Crippen LogP contribution in [0.1, 0.15) is 18.4 Å². The van der Waals surface area contributed by atoms with E-state index in [1.54, 1.807) is 25.1 Å². The van der Waals surface area contributed by atoms with Gasteiger partial charge in [0.1, 0.15) is 5.82 Å². The number of hydrogen-bond acceptors (Lipinski definition) is 2. The second kappa shape index (κ2) is 5.49. The number of hydrogen-bond donors (Lipinski definition) is 1. The van der Waals surface area contributed by atoms with Crippen LogP contribution in [0, 0.1) is 5.82 Å². The first-order valence-electron chi connectivity index (χ1n) is 5.19. The fraction of sp³-hybridized carbons (Fsp3) is 0.417. The van der Waals surface area contributed by atoms with Gasteiger partial charge in [0, 0.05) is 20.5 Å². The molecule has 16 heavy (non-hydrogen) atoms. The van der Waals surface area contributed by atoms with Crippen molar-refractivity contribution in [3.8, 4) is 0 Å². The molecule has 0 amide bonds. The molecular weight excluding hydrogens is 209 g/mol. The van der Waals surface area contributed by atoms with Crippen LogP contribution < -0.4 is 4.90 Å². The maximum Gasteiger partial charge on any atom is 0.303 e. The molecule has 0 aliphatic rings. The Balaban J connectivity index is 2.79. The second-order valence-corrected chi connectivity index (χ2v) is 3.89. The Morgan fingerprint density at radius 1 is 1.44 bits per heavy atom. The number of carboxylic acids is 1. The van der Waals surface area contributed by atoms with Gasteiger partial charge in [-0.15, -0.1) is 0 Å². The number of carboxylic acid groups (broad SMARTS) is 1. The molecule has 0 heterocycles. The van der Waals surface area contributed by atoms with Crippen LogP contribution in [0.4, 0.5) is 10.1 Å². The molecule has 1 aromatic rings. The fourth-order valence-electron chi connectivity index (χ4n) is 1.69. The highest BCUT2D eigenvalue weighted by molar-refractivity contribution is 5.66. The van der Waals surface area contributed by atoms with Crippen LogP contribution >= 0.6 is 0 Å². The van der Waals surface area contributed by atoms with E-state index in [1.807, 2.05) is 6.07 Å². The van der Waals surface area contributed by atoms with Crippen molar-refractivity contribution in [1.82, 2.24) is 0 Å². The molecule has 0 saturated heterocycles. The molecule has 0 aromatic heterocycles. The number of para-hydroxylation sites is 1. The molecule has 0 unspecified atom stereocenters. The summed E-state index contributed by atoms with van der Waals surface area (Å²) >= 11 is 0. The molecule has 0 spiro atoms. The number of halogens is 1. The van der Waals surface area contributed by atoms with Crippen molar-refractivity contribution in [2.24, 2.45) is 0 Å². The minimum atomic E-state index is -0.817. The van der Waals surface area contributed by atoms with Gasteiger partial charge in [-0.3, -0.25) is 4.79 Å². The van der Waals surface area contributed by atoms with Crippen LogP contribution in [-0.2, 0) is 11.2 Å². The minimum absolute atomic E-state index is 0.114. The molecule has 1 rings (SSSR count). The lowest BCUT2D eigenvalue weighted by molar-refractivity contribution is -0.137. The quantitative estimate of drug-likeness (QED) is 0.835. The molecule has 1 aromatic carbocycles. The maximum absolute atomic E-state index is 13.5. The first-order valence-corrected chi connectivity index (χ1v) is 5.19. The van der Waals surface area contributed by atoms with Crippen LogP contribution in [0.2, 0.25) is 0 Å². The van der Waals surface area contributed by atoms with E-state index in [-0.39, 0.29) is 12.2 Å². The van der Waals surface area contributed by atoms with Crippen molar-refractivity contribution in [3.05, 3.63) is 29.6 Å². The molecule has 88 valence electrons. The van der Waals surface area contributed by atoms with E-state index in [2.05, 4.69) is 0 Å². The van der Waals surface area contributed by atoms with E-state index < -0.39 is 5.97 Å². The van der Waals surface area contributed by atoms with Crippen LogP contribution in [0.5, 0.6) is 0 Å². The zero-order valence-corrected chi connectivity index (χ0v) is 9.53. The molecule has 1 N–H and O–H groups in total. The molecule has 0 bridgehead atoms. The Hall–Kier alpha value is -1.58. The van der Waals surface area contributed by atoms with Crippen molar-refractivity contribution >= 4 is 11.7 Å². The van der Waals surface area contributed by atoms with Crippen LogP contribution in [0.3, 0.4) is 0 Å². The van der Waals surface area contributed by atoms with E-state index in [0.29, 0.717) is 18.5 Å². The normalized spacial score (nSPS) is 10.2. The average molecular weight is 225 g/mol. The Morgan fingerprint density at radius 2 is 2.12 bits per heavy atom. The maximum atomic E-state index is 13.5. The topological polar surface area (TPSA) is 40.5 Å². The summed E-state index contributed by atoms with van der Waals surface area (Å²) in [4.78, 5) is 12.1. The predicted octanol–water partition coefficient (Wildman–Crippen LogP) is 2.30. The van der Waals surface area contributed by atoms with Crippen LogP contribution in [0.25, 0.3) is 0 Å². The molecule has 0 aliphatic carbocycles. The third-order valence-electron chi connectivity index (χ3n) is 2.35. The predicted molar refractivity (Wildman–Crippen MR) is 61.3 cm³/mol. The Kier molecular flexibility index (Phi) is 4.28. The standard InChI is InChI=1S/C12H16FNO2/c1-14(2)12-9(5-3-7-10(12)13)6-4-8-11(15)16/h3,5,7H,4,6,8H2,1-2H3,(H,15,16). The number of aryl methyl sites for hydroxylation is 1. The van der Waals surface area contributed by atoms with Gasteiger partial charge in [0.05, 0.1) is 5.69 Å². The molecule has 4 heteroatoms. The summed E-state index contributed by atoms with van der Waals surface area (Å²) in [6, 6.07) is 4.90. The summed E-state index contributed by atoms with van der Waals surface area (Å²) in [7, 11) is 3.55. The minimum Gasteiger partial charge on any atom is -0.481 e. The van der Waals surface area contributed by atoms with E-state index in [0.717, 1.165) is 5.56 Å². The summed E-state index contributed by atoms with van der Waals surface area (Å²) < 4.78 is 13.5. The smallest absolute Gasteiger partial charge is 0.303 e. The van der Waals surface area contributed by atoms with Gasteiger partial charge in [-0.1, -0.05) is 12.1 Å². The number of aliphatic carboxylic acids is 1. The number of nitrogens with zero attached hydrogens (tertiary/aromatic N) is 1. The van der Waals surface area contributed by atoms with Crippen LogP contribution in [0.15, 0.2) is 18.2 Å². The highest BCUT2D eigenvalue weighted by Gasteiger charge is 2.10. The summed E-state index contributed by atoms with van der Waals surface area (Å²) in [6.07, 6.45) is 1.22. The largest absolute Gasteiger partial charge is 0.481 e. The highest BCUT2D eigenvalue weighted by Crippen LogP contribution is 2.23. The lowest BCUT2D eigenvalue weighted by atomic mass is 10.1. The summed E-state index contributed by atoms with van der Waals surface area (Å²) in [5, 5.41) is 8.54. The van der Waals surface area contributed by atoms with Crippen molar-refractivity contribution in [2.75, 3.05) is 19.0 Å². The van der Waals surface area contributed by atoms with E-state index in [1.165, 1.54) is 6.07 Å². The van der Waals surface area contributed by atoms with Gasteiger partial charge in [0.25, 0.3) is 0 Å². The summed E-state index contributed by atoms with van der Waals surface area (Å²) in [5.41, 5.74) is 1.40. The van der Waals surface area contributed by atoms with Gasteiger partial charge in [0.15, 0.2) is 0 Å². The Morgan fingerprint density at radius 3 is 2.69 bits per heavy atom. The van der Waals surface area contributed by atoms with Gasteiger partial charge >= 0.3 is 5.97 Å². The first kappa shape index (κ1) is 12.5. The zero-order valence-electron chi connectivity index (χ0n) is 9.53. The van der Waals surface area contributed by atoms with Gasteiger partial charge in [-0.25, -0.2) is 4.39 Å². The van der Waals surface area contributed by atoms with Crippen LogP contribution in [-0.4, -0.2) is 25.2 Å². The molecule has 3 nitrogen and oxygen atoms in total. The molecule has 0 saturated carbocycles. The SMILES string of the molecule is CN(C)c1c(F)cccc1CCCC(=O)O. The lowest BCUT2D eigenvalue weighted by Crippen LogP contribution is -2.13. The number of benzene rings is 1. The molecule has 0 fully saturated rings. The van der Waals surface area contributed by atoms with Gasteiger partial charge < -0.3 is 10.0 Å². The summed E-state index contributed by atoms with van der Waals surface area (Å²) in [6.45, 7) is 0. The fourth-order valence-corrected chi connectivity index (χ4v) is 1.69.